The third kappa shape index (κ3) is 2.78. The van der Waals surface area contributed by atoms with Crippen molar-refractivity contribution in [1.82, 2.24) is 10.2 Å². The lowest BCUT2D eigenvalue weighted by molar-refractivity contribution is -0.137. The van der Waals surface area contributed by atoms with Crippen LogP contribution in [0.3, 0.4) is 0 Å². The summed E-state index contributed by atoms with van der Waals surface area (Å²) in [5.74, 6) is -0.00694. The van der Waals surface area contributed by atoms with Gasteiger partial charge in [-0.25, -0.2) is 0 Å². The molecule has 1 aliphatic carbocycles. The number of aliphatic hydroxyl groups excluding tert-OH is 2. The van der Waals surface area contributed by atoms with E-state index >= 15 is 0 Å². The van der Waals surface area contributed by atoms with Crippen molar-refractivity contribution >= 4 is 5.91 Å². The smallest absolute Gasteiger partial charge is 0.239 e. The largest absolute Gasteiger partial charge is 0.392 e. The van der Waals surface area contributed by atoms with Crippen molar-refractivity contribution in [2.45, 2.75) is 56.4 Å². The first-order valence-corrected chi connectivity index (χ1v) is 6.46. The predicted octanol–water partition coefficient (Wildman–Crippen LogP) is -0.529. The Bertz CT molecular complexity index is 285. The van der Waals surface area contributed by atoms with Gasteiger partial charge in [0.1, 0.15) is 0 Å². The molecule has 2 aliphatic rings. The molecule has 0 bridgehead atoms. The maximum absolute atomic E-state index is 12.2. The van der Waals surface area contributed by atoms with Crippen molar-refractivity contribution in [1.29, 1.82) is 0 Å². The van der Waals surface area contributed by atoms with Crippen LogP contribution in [0, 0.1) is 0 Å². The van der Waals surface area contributed by atoms with Crippen LogP contribution in [0.4, 0.5) is 0 Å². The Morgan fingerprint density at radius 3 is 2.59 bits per heavy atom. The number of amides is 1. The molecule has 1 aliphatic heterocycles. The van der Waals surface area contributed by atoms with Gasteiger partial charge >= 0.3 is 0 Å². The van der Waals surface area contributed by atoms with Gasteiger partial charge in [-0.05, 0) is 19.3 Å². The fraction of sp³-hybridized carbons (Fsp3) is 0.917. The molecule has 0 aromatic carbocycles. The maximum atomic E-state index is 12.2. The summed E-state index contributed by atoms with van der Waals surface area (Å²) in [6, 6.07) is -0.347. The van der Waals surface area contributed by atoms with E-state index in [4.69, 9.17) is 0 Å². The molecular formula is C12H22N2O3. The van der Waals surface area contributed by atoms with Crippen molar-refractivity contribution < 1.29 is 15.0 Å². The lowest BCUT2D eigenvalue weighted by Gasteiger charge is -2.36. The van der Waals surface area contributed by atoms with E-state index in [1.807, 2.05) is 0 Å². The van der Waals surface area contributed by atoms with Crippen LogP contribution in [-0.4, -0.2) is 58.9 Å². The number of aliphatic hydroxyl groups is 2. The standard InChI is InChI=1S/C12H22N2O3/c1-14(10-4-2-3-5-11(10)16)12(17)9-6-8(15)7-13-9/h8-11,13,15-16H,2-7H2,1H3. The van der Waals surface area contributed by atoms with Gasteiger partial charge in [-0.3, -0.25) is 4.79 Å². The number of rotatable bonds is 2. The molecule has 0 spiro atoms. The van der Waals surface area contributed by atoms with Crippen LogP contribution in [0.1, 0.15) is 32.1 Å². The summed E-state index contributed by atoms with van der Waals surface area (Å²) in [6.07, 6.45) is 3.42. The Labute approximate surface area is 102 Å². The molecule has 5 nitrogen and oxygen atoms in total. The number of nitrogens with one attached hydrogen (secondary N) is 1. The number of nitrogens with zero attached hydrogens (tertiary/aromatic N) is 1. The Balaban J connectivity index is 1.94. The van der Waals surface area contributed by atoms with Crippen molar-refractivity contribution in [2.24, 2.45) is 0 Å². The molecule has 4 atom stereocenters. The third-order valence-corrected chi connectivity index (χ3v) is 3.94. The minimum atomic E-state index is -0.423. The number of hydrogen-bond donors (Lipinski definition) is 3. The van der Waals surface area contributed by atoms with Crippen LogP contribution in [0.15, 0.2) is 0 Å². The number of hydrogen-bond acceptors (Lipinski definition) is 4. The first-order chi connectivity index (χ1) is 8.09. The van der Waals surface area contributed by atoms with E-state index in [1.165, 1.54) is 0 Å². The normalized spacial score (nSPS) is 38.1. The molecule has 2 fully saturated rings. The average molecular weight is 242 g/mol. The van der Waals surface area contributed by atoms with Gasteiger partial charge in [-0.1, -0.05) is 12.8 Å². The van der Waals surface area contributed by atoms with Gasteiger partial charge in [0.05, 0.1) is 24.3 Å². The Morgan fingerprint density at radius 2 is 2.00 bits per heavy atom. The molecule has 3 N–H and O–H groups in total. The Kier molecular flexibility index (Phi) is 4.01. The van der Waals surface area contributed by atoms with Crippen LogP contribution in [0.25, 0.3) is 0 Å². The zero-order chi connectivity index (χ0) is 12.4. The van der Waals surface area contributed by atoms with Gasteiger partial charge in [0.2, 0.25) is 5.91 Å². The van der Waals surface area contributed by atoms with E-state index in [0.29, 0.717) is 13.0 Å². The molecule has 0 aromatic heterocycles. The van der Waals surface area contributed by atoms with Crippen LogP contribution in [0.5, 0.6) is 0 Å². The predicted molar refractivity (Wildman–Crippen MR) is 63.4 cm³/mol. The van der Waals surface area contributed by atoms with Crippen molar-refractivity contribution in [3.63, 3.8) is 0 Å². The molecule has 2 rings (SSSR count). The zero-order valence-corrected chi connectivity index (χ0v) is 10.3. The molecule has 17 heavy (non-hydrogen) atoms. The highest BCUT2D eigenvalue weighted by atomic mass is 16.3. The molecular weight excluding hydrogens is 220 g/mol. The molecule has 0 aromatic rings. The summed E-state index contributed by atoms with van der Waals surface area (Å²) < 4.78 is 0. The molecule has 0 radical (unpaired) electrons. The minimum Gasteiger partial charge on any atom is -0.392 e. The molecule has 1 amide bonds. The zero-order valence-electron chi connectivity index (χ0n) is 10.3. The highest BCUT2D eigenvalue weighted by molar-refractivity contribution is 5.82. The molecule has 1 heterocycles. The van der Waals surface area contributed by atoms with Crippen molar-refractivity contribution in [3.8, 4) is 0 Å². The van der Waals surface area contributed by atoms with Gasteiger partial charge < -0.3 is 20.4 Å². The molecule has 98 valence electrons. The van der Waals surface area contributed by atoms with E-state index in [9.17, 15) is 15.0 Å². The average Bonchev–Trinajstić information content (AvgIpc) is 2.75. The maximum Gasteiger partial charge on any atom is 0.239 e. The summed E-state index contributed by atoms with van der Waals surface area (Å²) in [7, 11) is 1.76. The molecule has 1 saturated carbocycles. The van der Waals surface area contributed by atoms with E-state index in [1.54, 1.807) is 11.9 Å². The second-order valence-electron chi connectivity index (χ2n) is 5.22. The van der Waals surface area contributed by atoms with E-state index in [0.717, 1.165) is 25.7 Å². The molecule has 1 saturated heterocycles. The summed E-state index contributed by atoms with van der Waals surface area (Å²) >= 11 is 0. The van der Waals surface area contributed by atoms with E-state index in [2.05, 4.69) is 5.32 Å². The van der Waals surface area contributed by atoms with Gasteiger partial charge in [-0.2, -0.15) is 0 Å². The van der Waals surface area contributed by atoms with Crippen molar-refractivity contribution in [2.75, 3.05) is 13.6 Å². The SMILES string of the molecule is CN(C(=O)C1CC(O)CN1)C1CCCCC1O. The van der Waals surface area contributed by atoms with Crippen LogP contribution < -0.4 is 5.32 Å². The fourth-order valence-electron chi connectivity index (χ4n) is 2.86. The second-order valence-corrected chi connectivity index (χ2v) is 5.22. The summed E-state index contributed by atoms with van der Waals surface area (Å²) in [6.45, 7) is 0.484. The summed E-state index contributed by atoms with van der Waals surface area (Å²) in [4.78, 5) is 13.8. The number of carbonyl (C=O) groups is 1. The monoisotopic (exact) mass is 242 g/mol. The lowest BCUT2D eigenvalue weighted by atomic mass is 9.91. The minimum absolute atomic E-state index is 0.00694. The van der Waals surface area contributed by atoms with E-state index in [-0.39, 0.29) is 18.0 Å². The van der Waals surface area contributed by atoms with Gasteiger partial charge in [0.25, 0.3) is 0 Å². The first kappa shape index (κ1) is 12.8. The van der Waals surface area contributed by atoms with Crippen LogP contribution in [0.2, 0.25) is 0 Å². The highest BCUT2D eigenvalue weighted by Crippen LogP contribution is 2.23. The number of β-amino-alcohol motifs (C(OH)–C–C–N with tert-alkyl or cyclic N) is 1. The Hall–Kier alpha value is -0.650. The number of likely N-dealkylation sites (N-methyl/N-ethyl adjacent to an activating group) is 1. The third-order valence-electron chi connectivity index (χ3n) is 3.94. The van der Waals surface area contributed by atoms with Gasteiger partial charge in [-0.15, -0.1) is 0 Å². The fourth-order valence-corrected chi connectivity index (χ4v) is 2.86. The topological polar surface area (TPSA) is 72.8 Å². The first-order valence-electron chi connectivity index (χ1n) is 6.46. The summed E-state index contributed by atoms with van der Waals surface area (Å²) in [5.41, 5.74) is 0. The quantitative estimate of drug-likeness (QED) is 0.609. The van der Waals surface area contributed by atoms with Gasteiger partial charge in [0.15, 0.2) is 0 Å². The van der Waals surface area contributed by atoms with Crippen LogP contribution >= 0.6 is 0 Å². The number of carbonyl (C=O) groups excluding carboxylic acids is 1. The van der Waals surface area contributed by atoms with Gasteiger partial charge in [0, 0.05) is 13.6 Å². The molecule has 4 unspecified atom stereocenters. The lowest BCUT2D eigenvalue weighted by Crippen LogP contribution is -2.51. The Morgan fingerprint density at radius 1 is 1.29 bits per heavy atom. The van der Waals surface area contributed by atoms with Crippen molar-refractivity contribution in [3.05, 3.63) is 0 Å². The van der Waals surface area contributed by atoms with Crippen LogP contribution in [-0.2, 0) is 4.79 Å². The second kappa shape index (κ2) is 5.33. The van der Waals surface area contributed by atoms with E-state index < -0.39 is 12.2 Å². The highest BCUT2D eigenvalue weighted by Gasteiger charge is 2.35. The summed E-state index contributed by atoms with van der Waals surface area (Å²) in [5, 5.41) is 22.3. The molecule has 5 heteroatoms.